The zero-order chi connectivity index (χ0) is 20.8. The molecule has 2 aromatic rings. The summed E-state index contributed by atoms with van der Waals surface area (Å²) in [6.45, 7) is 0.225. The lowest BCUT2D eigenvalue weighted by Crippen LogP contribution is -2.37. The number of imidazole rings is 1. The molecule has 0 aliphatic carbocycles. The number of ether oxygens (including phenoxy) is 1. The van der Waals surface area contributed by atoms with Gasteiger partial charge in [0.1, 0.15) is 23.6 Å². The van der Waals surface area contributed by atoms with Crippen molar-refractivity contribution in [1.82, 2.24) is 23.8 Å². The van der Waals surface area contributed by atoms with Crippen LogP contribution in [0.25, 0.3) is 11.2 Å². The maximum Gasteiger partial charge on any atom is 0.333 e. The maximum absolute atomic E-state index is 14.1. The summed E-state index contributed by atoms with van der Waals surface area (Å²) in [4.78, 5) is 31.5. The van der Waals surface area contributed by atoms with Gasteiger partial charge in [0, 0.05) is 6.92 Å². The number of sulfonamides is 1. The van der Waals surface area contributed by atoms with Crippen molar-refractivity contribution in [1.29, 1.82) is 0 Å². The highest BCUT2D eigenvalue weighted by molar-refractivity contribution is 7.89. The van der Waals surface area contributed by atoms with Crippen molar-refractivity contribution in [2.75, 3.05) is 12.3 Å². The fraction of sp³-hybridized carbons (Fsp3) is 0.538. The van der Waals surface area contributed by atoms with Gasteiger partial charge in [-0.05, 0) is 0 Å². The lowest BCUT2D eigenvalue weighted by Gasteiger charge is -2.15. The second-order valence-corrected chi connectivity index (χ2v) is 7.79. The largest absolute Gasteiger partial charge is 0.394 e. The molecule has 2 aromatic heterocycles. The summed E-state index contributed by atoms with van der Waals surface area (Å²) >= 11 is 0. The summed E-state index contributed by atoms with van der Waals surface area (Å²) in [5.41, 5.74) is 4.17. The van der Waals surface area contributed by atoms with Gasteiger partial charge in [-0.1, -0.05) is 0 Å². The van der Waals surface area contributed by atoms with E-state index in [1.165, 1.54) is 0 Å². The molecular formula is C13H17FN6O7S. The van der Waals surface area contributed by atoms with Crippen molar-refractivity contribution in [2.45, 2.75) is 37.4 Å². The fourth-order valence-corrected chi connectivity index (χ4v) is 4.01. The number of carbonyl (C=O) groups is 1. The molecule has 28 heavy (non-hydrogen) atoms. The number of hydrogen-bond donors (Lipinski definition) is 4. The van der Waals surface area contributed by atoms with Gasteiger partial charge < -0.3 is 20.7 Å². The van der Waals surface area contributed by atoms with E-state index in [2.05, 4.69) is 9.97 Å². The molecule has 0 unspecified atom stereocenters. The van der Waals surface area contributed by atoms with E-state index >= 15 is 0 Å². The number of rotatable bonds is 5. The second kappa shape index (κ2) is 7.08. The van der Waals surface area contributed by atoms with E-state index < -0.39 is 58.7 Å². The van der Waals surface area contributed by atoms with Crippen LogP contribution in [0.2, 0.25) is 0 Å². The number of nitrogens with one attached hydrogen (secondary N) is 1. The summed E-state index contributed by atoms with van der Waals surface area (Å²) in [7, 11) is -4.26. The molecule has 13 nitrogen and oxygen atoms in total. The van der Waals surface area contributed by atoms with Crippen molar-refractivity contribution in [3.8, 4) is 0 Å². The van der Waals surface area contributed by atoms with E-state index in [0.717, 1.165) is 17.7 Å². The van der Waals surface area contributed by atoms with Crippen LogP contribution in [0.4, 0.5) is 10.3 Å². The van der Waals surface area contributed by atoms with Gasteiger partial charge in [-0.3, -0.25) is 14.1 Å². The molecule has 15 heteroatoms. The Morgan fingerprint density at radius 1 is 1.50 bits per heavy atom. The number of nitrogens with two attached hydrogens (primary N) is 1. The number of aliphatic hydroxyl groups is 2. The lowest BCUT2D eigenvalue weighted by molar-refractivity contribution is -0.117. The Bertz CT molecular complexity index is 1080. The maximum atomic E-state index is 14.1. The molecule has 0 radical (unpaired) electrons. The molecule has 0 aromatic carbocycles. The first-order valence-electron chi connectivity index (χ1n) is 7.88. The normalized spacial score (nSPS) is 25.3. The Kier molecular flexibility index (Phi) is 5.09. The molecule has 1 amide bonds. The highest BCUT2D eigenvalue weighted by atomic mass is 32.2. The number of aromatic nitrogens is 4. The van der Waals surface area contributed by atoms with Gasteiger partial charge in [0.05, 0.1) is 12.8 Å². The van der Waals surface area contributed by atoms with E-state index in [0.29, 0.717) is 4.57 Å². The Hall–Kier alpha value is -2.62. The van der Waals surface area contributed by atoms with Crippen LogP contribution in [-0.2, 0) is 25.4 Å². The van der Waals surface area contributed by atoms with E-state index in [1.54, 1.807) is 4.72 Å². The molecule has 5 N–H and O–H groups in total. The highest BCUT2D eigenvalue weighted by Crippen LogP contribution is 2.32. The topological polar surface area (TPSA) is 192 Å². The van der Waals surface area contributed by atoms with Crippen molar-refractivity contribution in [2.24, 2.45) is 0 Å². The van der Waals surface area contributed by atoms with E-state index in [-0.39, 0.29) is 17.1 Å². The van der Waals surface area contributed by atoms with Crippen LogP contribution in [0.1, 0.15) is 13.2 Å². The minimum Gasteiger partial charge on any atom is -0.394 e. The number of nitrogens with zero attached hydrogens (tertiary/aromatic N) is 4. The molecule has 0 bridgehead atoms. The van der Waals surface area contributed by atoms with Gasteiger partial charge in [0.25, 0.3) is 10.0 Å². The average molecular weight is 420 g/mol. The van der Waals surface area contributed by atoms with Gasteiger partial charge in [-0.2, -0.15) is 4.98 Å². The average Bonchev–Trinajstić information content (AvgIpc) is 3.01. The molecule has 1 aliphatic rings. The number of hydrogen-bond acceptors (Lipinski definition) is 10. The molecule has 1 aliphatic heterocycles. The van der Waals surface area contributed by atoms with Gasteiger partial charge in [-0.25, -0.2) is 27.2 Å². The molecule has 154 valence electrons. The van der Waals surface area contributed by atoms with Crippen molar-refractivity contribution < 1.29 is 32.6 Å². The molecule has 1 saturated heterocycles. The van der Waals surface area contributed by atoms with Crippen LogP contribution in [0.15, 0.2) is 11.0 Å². The first-order valence-corrected chi connectivity index (χ1v) is 9.53. The Labute approximate surface area is 156 Å². The standard InChI is InChI=1S/C13H17FN6O7S/c1-5(22)18-28(25,26)4-19-6-2-16-12(15)17-10(6)20(13(19)24)11-9(23)8(14)7(3-21)27-11/h2,7-9,11,21,23H,3-4H2,1H3,(H,18,22)(H2,15,16,17)/t7-,8-,9-,11-/m1/s1. The molecule has 0 saturated carbocycles. The predicted octanol–water partition coefficient (Wildman–Crippen LogP) is -2.81. The smallest absolute Gasteiger partial charge is 0.333 e. The summed E-state index contributed by atoms with van der Waals surface area (Å²) in [6, 6.07) is 0. The number of alkyl halides is 1. The second-order valence-electron chi connectivity index (χ2n) is 6.10. The zero-order valence-corrected chi connectivity index (χ0v) is 15.2. The fourth-order valence-electron chi connectivity index (χ4n) is 2.92. The van der Waals surface area contributed by atoms with E-state index in [1.807, 2.05) is 0 Å². The minimum atomic E-state index is -4.26. The monoisotopic (exact) mass is 420 g/mol. The summed E-state index contributed by atoms with van der Waals surface area (Å²) in [5, 5.41) is 19.3. The Balaban J connectivity index is 2.17. The van der Waals surface area contributed by atoms with Crippen LogP contribution in [-0.4, -0.2) is 68.6 Å². The lowest BCUT2D eigenvalue weighted by atomic mass is 10.1. The van der Waals surface area contributed by atoms with Crippen LogP contribution in [0, 0.1) is 0 Å². The molecular weight excluding hydrogens is 403 g/mol. The summed E-state index contributed by atoms with van der Waals surface area (Å²) < 4.78 is 46.6. The van der Waals surface area contributed by atoms with Crippen LogP contribution < -0.4 is 16.1 Å². The number of halogens is 1. The highest BCUT2D eigenvalue weighted by Gasteiger charge is 2.46. The first kappa shape index (κ1) is 20.1. The third-order valence-electron chi connectivity index (χ3n) is 4.05. The number of anilines is 1. The number of aliphatic hydroxyl groups excluding tert-OH is 2. The van der Waals surface area contributed by atoms with Crippen LogP contribution >= 0.6 is 0 Å². The summed E-state index contributed by atoms with van der Waals surface area (Å²) in [6.07, 6.45) is -5.76. The SMILES string of the molecule is CC(=O)NS(=O)(=O)Cn1c(=O)n([C@@H]2O[C@H](CO)[C@@H](F)[C@H]2O)c2nc(N)ncc21. The molecule has 0 spiro atoms. The minimum absolute atomic E-state index is 0.105. The third kappa shape index (κ3) is 3.44. The van der Waals surface area contributed by atoms with Crippen molar-refractivity contribution >= 4 is 33.0 Å². The molecule has 1 fully saturated rings. The molecule has 4 atom stereocenters. The Morgan fingerprint density at radius 3 is 2.75 bits per heavy atom. The molecule has 3 heterocycles. The molecule has 3 rings (SSSR count). The number of carbonyl (C=O) groups excluding carboxylic acids is 1. The van der Waals surface area contributed by atoms with Crippen LogP contribution in [0.5, 0.6) is 0 Å². The zero-order valence-electron chi connectivity index (χ0n) is 14.4. The van der Waals surface area contributed by atoms with Gasteiger partial charge in [-0.15, -0.1) is 0 Å². The van der Waals surface area contributed by atoms with Gasteiger partial charge in [0.2, 0.25) is 11.9 Å². The Morgan fingerprint density at radius 2 is 2.18 bits per heavy atom. The van der Waals surface area contributed by atoms with Crippen molar-refractivity contribution in [3.05, 3.63) is 16.7 Å². The quantitative estimate of drug-likeness (QED) is 0.392. The van der Waals surface area contributed by atoms with Crippen molar-refractivity contribution in [3.63, 3.8) is 0 Å². The number of nitrogen functional groups attached to an aromatic ring is 1. The number of amides is 1. The van der Waals surface area contributed by atoms with Gasteiger partial charge >= 0.3 is 5.69 Å². The predicted molar refractivity (Wildman–Crippen MR) is 90.8 cm³/mol. The van der Waals surface area contributed by atoms with E-state index in [4.69, 9.17) is 15.6 Å². The number of fused-ring (bicyclic) bond motifs is 1. The van der Waals surface area contributed by atoms with Gasteiger partial charge in [0.15, 0.2) is 18.0 Å². The van der Waals surface area contributed by atoms with Crippen LogP contribution in [0.3, 0.4) is 0 Å². The summed E-state index contributed by atoms with van der Waals surface area (Å²) in [5.74, 6) is -2.11. The first-order chi connectivity index (χ1) is 13.1. The van der Waals surface area contributed by atoms with E-state index in [9.17, 15) is 27.5 Å². The third-order valence-corrected chi connectivity index (χ3v) is 5.24.